The number of unbranched alkanes of at least 4 members (excludes halogenated alkanes) is 6. The van der Waals surface area contributed by atoms with Gasteiger partial charge in [-0.15, -0.1) is 0 Å². The van der Waals surface area contributed by atoms with Gasteiger partial charge in [0.1, 0.15) is 0 Å². The van der Waals surface area contributed by atoms with Crippen LogP contribution in [0.5, 0.6) is 5.75 Å². The van der Waals surface area contributed by atoms with Gasteiger partial charge in [0.15, 0.2) is 5.75 Å². The van der Waals surface area contributed by atoms with Gasteiger partial charge in [0.25, 0.3) is 0 Å². The van der Waals surface area contributed by atoms with Crippen molar-refractivity contribution in [1.82, 2.24) is 0 Å². The van der Waals surface area contributed by atoms with Gasteiger partial charge in [-0.2, -0.15) is 0 Å². The Kier molecular flexibility index (Phi) is 13.8. The van der Waals surface area contributed by atoms with Crippen LogP contribution in [0, 0.1) is 40.8 Å². The maximum Gasteiger partial charge on any atom is 0.542 e. The van der Waals surface area contributed by atoms with Gasteiger partial charge in [0, 0.05) is 46.4 Å². The molecule has 1 aromatic carbocycles. The normalized spacial score (nSPS) is 10.2. The second kappa shape index (κ2) is 13.5. The molecule has 2 nitrogen and oxygen atoms in total. The Morgan fingerprint density at radius 3 is 2.32 bits per heavy atom. The Bertz CT molecular complexity index is 345. The molecule has 4 heteroatoms. The molecule has 0 aliphatic carbocycles. The Balaban J connectivity index is 0.00000324. The molecule has 1 atom stereocenters. The summed E-state index contributed by atoms with van der Waals surface area (Å²) in [5.74, 6) is 0.775. The summed E-state index contributed by atoms with van der Waals surface area (Å²) in [7, 11) is -0.713. The molecule has 0 aliphatic heterocycles. The zero-order valence-corrected chi connectivity index (χ0v) is 16.0. The molecule has 1 aromatic rings. The topological polar surface area (TPSA) is 26.3 Å². The molecule has 0 bridgehead atoms. The summed E-state index contributed by atoms with van der Waals surface area (Å²) >= 11 is 0. The molecule has 104 valence electrons. The van der Waals surface area contributed by atoms with Gasteiger partial charge < -0.3 is 0 Å². The SMILES string of the molecule is CCCCCCCCCc1ccccc1O[PH+]=O.[Nd]. The van der Waals surface area contributed by atoms with Crippen molar-refractivity contribution in [2.45, 2.75) is 58.3 Å². The minimum absolute atomic E-state index is 0. The number of para-hydroxylation sites is 1. The predicted octanol–water partition coefficient (Wildman–Crippen LogP) is 5.30. The molecule has 0 spiro atoms. The Labute approximate surface area is 151 Å². The summed E-state index contributed by atoms with van der Waals surface area (Å²) in [5, 5.41) is 0. The number of aryl methyl sites for hydroxylation is 1. The van der Waals surface area contributed by atoms with Crippen LogP contribution < -0.4 is 4.52 Å². The molecule has 0 N–H and O–H groups in total. The fourth-order valence-corrected chi connectivity index (χ4v) is 2.42. The van der Waals surface area contributed by atoms with Crippen LogP contribution in [0.3, 0.4) is 0 Å². The Morgan fingerprint density at radius 1 is 1.00 bits per heavy atom. The molecular weight excluding hydrogens is 387 g/mol. The standard InChI is InChI=1S/C15H24O2P.Nd/c1-2-3-4-5-6-7-8-11-14-12-9-10-13-15(14)17-18-16;/h9-10,12-13,18H,2-8,11H2,1H3;/q+1;. The van der Waals surface area contributed by atoms with Crippen LogP contribution in [0.15, 0.2) is 24.3 Å². The van der Waals surface area contributed by atoms with Gasteiger partial charge in [0.05, 0.1) is 0 Å². The summed E-state index contributed by atoms with van der Waals surface area (Å²) in [6, 6.07) is 7.88. The molecule has 0 radical (unpaired) electrons. The largest absolute Gasteiger partial charge is 0.542 e. The fourth-order valence-electron chi connectivity index (χ4n) is 2.13. The van der Waals surface area contributed by atoms with Gasteiger partial charge in [-0.25, -0.2) is 0 Å². The van der Waals surface area contributed by atoms with Gasteiger partial charge in [-0.05, 0) is 23.5 Å². The molecule has 1 rings (SSSR count). The van der Waals surface area contributed by atoms with Gasteiger partial charge in [-0.3, -0.25) is 4.52 Å². The van der Waals surface area contributed by atoms with E-state index in [-0.39, 0.29) is 40.8 Å². The summed E-state index contributed by atoms with van der Waals surface area (Å²) in [6.07, 6.45) is 10.2. The molecule has 0 amide bonds. The average molecular weight is 412 g/mol. The average Bonchev–Trinajstić information content (AvgIpc) is 2.40. The second-order valence-electron chi connectivity index (χ2n) is 4.66. The van der Waals surface area contributed by atoms with E-state index >= 15 is 0 Å². The zero-order valence-electron chi connectivity index (χ0n) is 11.8. The number of benzene rings is 1. The van der Waals surface area contributed by atoms with Crippen molar-refractivity contribution in [1.29, 1.82) is 0 Å². The number of hydrogen-bond acceptors (Lipinski definition) is 2. The second-order valence-corrected chi connectivity index (χ2v) is 5.04. The first-order valence-corrected chi connectivity index (χ1v) is 7.82. The molecule has 0 heterocycles. The van der Waals surface area contributed by atoms with Gasteiger partial charge in [-0.1, -0.05) is 63.6 Å². The first-order valence-electron chi connectivity index (χ1n) is 7.00. The van der Waals surface area contributed by atoms with Crippen molar-refractivity contribution in [2.24, 2.45) is 0 Å². The fraction of sp³-hybridized carbons (Fsp3) is 0.600. The molecule has 0 aliphatic rings. The van der Waals surface area contributed by atoms with E-state index in [1.807, 2.05) is 18.2 Å². The van der Waals surface area contributed by atoms with E-state index in [2.05, 4.69) is 13.0 Å². The first-order chi connectivity index (χ1) is 8.88. The molecule has 1 unspecified atom stereocenters. The van der Waals surface area contributed by atoms with Crippen LogP contribution in [0.2, 0.25) is 0 Å². The minimum Gasteiger partial charge on any atom is -0.256 e. The first kappa shape index (κ1) is 19.5. The molecule has 0 saturated carbocycles. The monoisotopic (exact) mass is 409 g/mol. The summed E-state index contributed by atoms with van der Waals surface area (Å²) in [6.45, 7) is 2.24. The Hall–Kier alpha value is 0.471. The third kappa shape index (κ3) is 9.10. The smallest absolute Gasteiger partial charge is 0.256 e. The van der Waals surface area contributed by atoms with E-state index in [0.717, 1.165) is 12.2 Å². The van der Waals surface area contributed by atoms with Crippen LogP contribution in [0.4, 0.5) is 0 Å². The number of hydrogen-bond donors (Lipinski definition) is 0. The third-order valence-corrected chi connectivity index (χ3v) is 3.48. The Morgan fingerprint density at radius 2 is 1.63 bits per heavy atom. The van der Waals surface area contributed by atoms with E-state index in [0.29, 0.717) is 0 Å². The molecular formula is C15H24NdO2P+. The summed E-state index contributed by atoms with van der Waals surface area (Å²) in [5.41, 5.74) is 1.18. The van der Waals surface area contributed by atoms with Crippen molar-refractivity contribution in [2.75, 3.05) is 0 Å². The van der Waals surface area contributed by atoms with E-state index in [9.17, 15) is 4.57 Å². The van der Waals surface area contributed by atoms with Gasteiger partial charge in [0.2, 0.25) is 0 Å². The summed E-state index contributed by atoms with van der Waals surface area (Å²) in [4.78, 5) is 0. The summed E-state index contributed by atoms with van der Waals surface area (Å²) < 4.78 is 15.7. The van der Waals surface area contributed by atoms with Crippen molar-refractivity contribution in [3.05, 3.63) is 29.8 Å². The van der Waals surface area contributed by atoms with Crippen LogP contribution >= 0.6 is 8.69 Å². The third-order valence-electron chi connectivity index (χ3n) is 3.17. The van der Waals surface area contributed by atoms with Crippen LogP contribution in [0.1, 0.15) is 57.4 Å². The van der Waals surface area contributed by atoms with Crippen LogP contribution in [0.25, 0.3) is 0 Å². The zero-order chi connectivity index (χ0) is 13.1. The number of rotatable bonds is 10. The predicted molar refractivity (Wildman–Crippen MR) is 77.8 cm³/mol. The molecule has 0 saturated heterocycles. The minimum atomic E-state index is -0.713. The van der Waals surface area contributed by atoms with Crippen molar-refractivity contribution in [3.8, 4) is 5.75 Å². The van der Waals surface area contributed by atoms with Crippen LogP contribution in [-0.4, -0.2) is 0 Å². The molecule has 0 aromatic heterocycles. The van der Waals surface area contributed by atoms with Crippen molar-refractivity contribution in [3.63, 3.8) is 0 Å². The molecule has 19 heavy (non-hydrogen) atoms. The van der Waals surface area contributed by atoms with Crippen molar-refractivity contribution < 1.29 is 49.9 Å². The van der Waals surface area contributed by atoms with Crippen LogP contribution in [-0.2, 0) is 11.0 Å². The van der Waals surface area contributed by atoms with E-state index < -0.39 is 8.69 Å². The quantitative estimate of drug-likeness (QED) is 0.386. The maximum absolute atomic E-state index is 10.5. The van der Waals surface area contributed by atoms with E-state index in [4.69, 9.17) is 4.52 Å². The van der Waals surface area contributed by atoms with Gasteiger partial charge >= 0.3 is 8.69 Å². The maximum atomic E-state index is 10.5. The van der Waals surface area contributed by atoms with E-state index in [1.54, 1.807) is 0 Å². The van der Waals surface area contributed by atoms with E-state index in [1.165, 1.54) is 50.5 Å². The van der Waals surface area contributed by atoms with Crippen molar-refractivity contribution >= 4 is 8.69 Å². The molecule has 0 fully saturated rings.